The maximum atomic E-state index is 13.0. The first-order chi connectivity index (χ1) is 14.9. The van der Waals surface area contributed by atoms with Crippen molar-refractivity contribution >= 4 is 15.9 Å². The molecular formula is C23H29FN2O4S. The van der Waals surface area contributed by atoms with Gasteiger partial charge in [-0.3, -0.25) is 4.79 Å². The number of halogens is 1. The van der Waals surface area contributed by atoms with E-state index in [9.17, 15) is 17.6 Å². The zero-order chi connectivity index (χ0) is 22.3. The highest BCUT2D eigenvalue weighted by Crippen LogP contribution is 2.27. The quantitative estimate of drug-likeness (QED) is 0.639. The number of amides is 1. The van der Waals surface area contributed by atoms with Gasteiger partial charge in [-0.05, 0) is 67.1 Å². The van der Waals surface area contributed by atoms with Crippen molar-refractivity contribution in [2.45, 2.75) is 43.4 Å². The highest BCUT2D eigenvalue weighted by atomic mass is 32.2. The number of hydrogen-bond acceptors (Lipinski definition) is 4. The summed E-state index contributed by atoms with van der Waals surface area (Å²) >= 11 is 0. The van der Waals surface area contributed by atoms with Crippen LogP contribution in [0.15, 0.2) is 47.4 Å². The highest BCUT2D eigenvalue weighted by Gasteiger charge is 2.26. The van der Waals surface area contributed by atoms with Gasteiger partial charge in [-0.1, -0.05) is 18.6 Å². The molecule has 31 heavy (non-hydrogen) atoms. The van der Waals surface area contributed by atoms with Gasteiger partial charge in [-0.15, -0.1) is 0 Å². The van der Waals surface area contributed by atoms with Gasteiger partial charge in [0, 0.05) is 26.1 Å². The van der Waals surface area contributed by atoms with Crippen molar-refractivity contribution in [2.75, 3.05) is 26.7 Å². The fraction of sp³-hybridized carbons (Fsp3) is 0.435. The Kier molecular flexibility index (Phi) is 8.03. The molecule has 1 heterocycles. The molecule has 1 fully saturated rings. The third-order valence-electron chi connectivity index (χ3n) is 5.48. The Hall–Kier alpha value is -2.45. The monoisotopic (exact) mass is 448 g/mol. The molecule has 3 rings (SSSR count). The van der Waals surface area contributed by atoms with E-state index in [0.717, 1.165) is 24.8 Å². The van der Waals surface area contributed by atoms with Gasteiger partial charge in [0.1, 0.15) is 11.6 Å². The van der Waals surface area contributed by atoms with Crippen LogP contribution in [-0.4, -0.2) is 45.4 Å². The van der Waals surface area contributed by atoms with E-state index >= 15 is 0 Å². The largest absolute Gasteiger partial charge is 0.496 e. The summed E-state index contributed by atoms with van der Waals surface area (Å²) in [7, 11) is -2.02. The number of benzene rings is 2. The van der Waals surface area contributed by atoms with Crippen molar-refractivity contribution in [3.8, 4) is 5.75 Å². The SMILES string of the molecule is COc1ccc(S(=O)(=O)N2CCCCC2)cc1CCC(=O)NCCc1ccc(F)cc1. The fourth-order valence-corrected chi connectivity index (χ4v) is 5.27. The number of sulfonamides is 1. The lowest BCUT2D eigenvalue weighted by Gasteiger charge is -2.26. The topological polar surface area (TPSA) is 75.7 Å². The van der Waals surface area contributed by atoms with Crippen LogP contribution in [0.5, 0.6) is 5.75 Å². The van der Waals surface area contributed by atoms with E-state index < -0.39 is 10.0 Å². The van der Waals surface area contributed by atoms with Crippen LogP contribution in [0.4, 0.5) is 4.39 Å². The van der Waals surface area contributed by atoms with E-state index in [-0.39, 0.29) is 23.0 Å². The Labute approximate surface area is 183 Å². The number of piperidine rings is 1. The molecule has 0 bridgehead atoms. The molecule has 0 saturated carbocycles. The second kappa shape index (κ2) is 10.7. The van der Waals surface area contributed by atoms with Gasteiger partial charge in [-0.2, -0.15) is 4.31 Å². The zero-order valence-corrected chi connectivity index (χ0v) is 18.6. The summed E-state index contributed by atoms with van der Waals surface area (Å²) in [5.74, 6) is 0.149. The molecule has 2 aromatic carbocycles. The molecule has 1 aliphatic heterocycles. The first kappa shape index (κ1) is 23.2. The lowest BCUT2D eigenvalue weighted by atomic mass is 10.1. The Balaban J connectivity index is 1.59. The van der Waals surface area contributed by atoms with Crippen molar-refractivity contribution in [3.63, 3.8) is 0 Å². The molecule has 1 amide bonds. The number of nitrogens with one attached hydrogen (secondary N) is 1. The lowest BCUT2D eigenvalue weighted by Crippen LogP contribution is -2.35. The minimum absolute atomic E-state index is 0.131. The third kappa shape index (κ3) is 6.27. The van der Waals surface area contributed by atoms with Crippen LogP contribution in [0.3, 0.4) is 0 Å². The smallest absolute Gasteiger partial charge is 0.243 e. The Morgan fingerprint density at radius 2 is 1.77 bits per heavy atom. The minimum atomic E-state index is -3.55. The van der Waals surface area contributed by atoms with Crippen LogP contribution in [0.25, 0.3) is 0 Å². The van der Waals surface area contributed by atoms with Crippen LogP contribution in [0.1, 0.15) is 36.8 Å². The molecule has 0 atom stereocenters. The van der Waals surface area contributed by atoms with E-state index in [1.807, 2.05) is 0 Å². The van der Waals surface area contributed by atoms with Gasteiger partial charge in [0.05, 0.1) is 12.0 Å². The standard InChI is InChI=1S/C23H29FN2O4S/c1-30-22-11-10-21(31(28,29)26-15-3-2-4-16-26)17-19(22)7-12-23(27)25-14-13-18-5-8-20(24)9-6-18/h5-6,8-11,17H,2-4,7,12-16H2,1H3,(H,25,27). The molecule has 0 aliphatic carbocycles. The van der Waals surface area contributed by atoms with Crippen molar-refractivity contribution in [2.24, 2.45) is 0 Å². The number of ether oxygens (including phenoxy) is 1. The van der Waals surface area contributed by atoms with Gasteiger partial charge < -0.3 is 10.1 Å². The van der Waals surface area contributed by atoms with Crippen LogP contribution in [0, 0.1) is 5.82 Å². The Morgan fingerprint density at radius 1 is 1.06 bits per heavy atom. The minimum Gasteiger partial charge on any atom is -0.496 e. The number of rotatable bonds is 9. The number of carbonyl (C=O) groups is 1. The molecule has 1 saturated heterocycles. The second-order valence-corrected chi connectivity index (χ2v) is 9.60. The summed E-state index contributed by atoms with van der Waals surface area (Å²) < 4.78 is 45.8. The average Bonchev–Trinajstić information content (AvgIpc) is 2.79. The average molecular weight is 449 g/mol. The van der Waals surface area contributed by atoms with E-state index in [2.05, 4.69) is 5.32 Å². The zero-order valence-electron chi connectivity index (χ0n) is 17.8. The molecule has 8 heteroatoms. The molecule has 168 valence electrons. The molecule has 1 N–H and O–H groups in total. The number of hydrogen-bond donors (Lipinski definition) is 1. The molecule has 2 aromatic rings. The maximum Gasteiger partial charge on any atom is 0.243 e. The Morgan fingerprint density at radius 3 is 2.45 bits per heavy atom. The number of aryl methyl sites for hydroxylation is 1. The summed E-state index contributed by atoms with van der Waals surface area (Å²) in [4.78, 5) is 12.5. The predicted molar refractivity (Wildman–Crippen MR) is 117 cm³/mol. The molecule has 0 unspecified atom stereocenters. The maximum absolute atomic E-state index is 13.0. The first-order valence-electron chi connectivity index (χ1n) is 10.6. The normalized spacial score (nSPS) is 14.9. The predicted octanol–water partition coefficient (Wildman–Crippen LogP) is 3.30. The summed E-state index contributed by atoms with van der Waals surface area (Å²) in [6.45, 7) is 1.53. The second-order valence-electron chi connectivity index (χ2n) is 7.66. The Bertz CT molecular complexity index is 987. The van der Waals surface area contributed by atoms with Crippen molar-refractivity contribution in [3.05, 3.63) is 59.4 Å². The molecule has 0 spiro atoms. The summed E-state index contributed by atoms with van der Waals surface area (Å²) in [6, 6.07) is 11.0. The van der Waals surface area contributed by atoms with Crippen molar-refractivity contribution in [1.29, 1.82) is 0 Å². The molecular weight excluding hydrogens is 419 g/mol. The lowest BCUT2D eigenvalue weighted by molar-refractivity contribution is -0.121. The van der Waals surface area contributed by atoms with E-state index in [1.54, 1.807) is 30.3 Å². The first-order valence-corrected chi connectivity index (χ1v) is 12.0. The van der Waals surface area contributed by atoms with E-state index in [0.29, 0.717) is 43.8 Å². The van der Waals surface area contributed by atoms with Crippen LogP contribution in [-0.2, 0) is 27.7 Å². The van der Waals surface area contributed by atoms with E-state index in [1.165, 1.54) is 23.5 Å². The summed E-state index contributed by atoms with van der Waals surface area (Å²) in [5, 5.41) is 2.85. The van der Waals surface area contributed by atoms with Crippen LogP contribution >= 0.6 is 0 Å². The van der Waals surface area contributed by atoms with Gasteiger partial charge in [0.25, 0.3) is 0 Å². The summed E-state index contributed by atoms with van der Waals surface area (Å²) in [5.41, 5.74) is 1.63. The van der Waals surface area contributed by atoms with Crippen LogP contribution in [0.2, 0.25) is 0 Å². The number of nitrogens with zero attached hydrogens (tertiary/aromatic N) is 1. The highest BCUT2D eigenvalue weighted by molar-refractivity contribution is 7.89. The molecule has 6 nitrogen and oxygen atoms in total. The van der Waals surface area contributed by atoms with Gasteiger partial charge in [0.2, 0.25) is 15.9 Å². The van der Waals surface area contributed by atoms with Crippen molar-refractivity contribution < 1.29 is 22.3 Å². The van der Waals surface area contributed by atoms with Crippen LogP contribution < -0.4 is 10.1 Å². The van der Waals surface area contributed by atoms with Gasteiger partial charge in [0.15, 0.2) is 0 Å². The number of methoxy groups -OCH3 is 1. The molecule has 0 radical (unpaired) electrons. The number of carbonyl (C=O) groups excluding carboxylic acids is 1. The third-order valence-corrected chi connectivity index (χ3v) is 7.37. The van der Waals surface area contributed by atoms with E-state index in [4.69, 9.17) is 4.74 Å². The molecule has 0 aromatic heterocycles. The van der Waals surface area contributed by atoms with Gasteiger partial charge >= 0.3 is 0 Å². The fourth-order valence-electron chi connectivity index (χ4n) is 3.70. The van der Waals surface area contributed by atoms with Gasteiger partial charge in [-0.25, -0.2) is 12.8 Å². The van der Waals surface area contributed by atoms with Crippen molar-refractivity contribution in [1.82, 2.24) is 9.62 Å². The summed E-state index contributed by atoms with van der Waals surface area (Å²) in [6.07, 6.45) is 4.00. The molecule has 1 aliphatic rings.